The largest absolute Gasteiger partial charge is 0.455 e. The normalized spacial score (nSPS) is 19.9. The highest BCUT2D eigenvalue weighted by atomic mass is 16.6. The van der Waals surface area contributed by atoms with Crippen LogP contribution in [0.5, 0.6) is 0 Å². The fraction of sp³-hybridized carbons (Fsp3) is 0.600. The Balaban J connectivity index is 2.10. The molecule has 1 atom stereocenters. The second-order valence-electron chi connectivity index (χ2n) is 3.66. The minimum Gasteiger partial charge on any atom is -0.455 e. The number of nitrogen functional groups attached to an aromatic ring is 1. The summed E-state index contributed by atoms with van der Waals surface area (Å²) in [6, 6.07) is 0. The Morgan fingerprint density at radius 2 is 2.62 bits per heavy atom. The summed E-state index contributed by atoms with van der Waals surface area (Å²) in [5.74, 6) is -0.424. The molecular formula is C10H15N3O3. The molecule has 0 aliphatic carbocycles. The molecule has 1 unspecified atom stereocenters. The maximum absolute atomic E-state index is 11.8. The zero-order valence-electron chi connectivity index (χ0n) is 9.18. The maximum atomic E-state index is 11.8. The fourth-order valence-electron chi connectivity index (χ4n) is 1.68. The first-order valence-electron chi connectivity index (χ1n) is 5.32. The van der Waals surface area contributed by atoms with Crippen molar-refractivity contribution in [2.45, 2.75) is 26.0 Å². The molecule has 1 aliphatic heterocycles. The van der Waals surface area contributed by atoms with Gasteiger partial charge >= 0.3 is 5.97 Å². The van der Waals surface area contributed by atoms with Gasteiger partial charge in [-0.2, -0.15) is 5.10 Å². The molecule has 1 aromatic heterocycles. The van der Waals surface area contributed by atoms with E-state index in [-0.39, 0.29) is 6.10 Å². The molecule has 2 N–H and O–H groups in total. The van der Waals surface area contributed by atoms with E-state index in [1.54, 1.807) is 0 Å². The number of aryl methyl sites for hydroxylation is 1. The number of rotatable bonds is 3. The van der Waals surface area contributed by atoms with Crippen LogP contribution in [0.4, 0.5) is 5.69 Å². The third kappa shape index (κ3) is 2.01. The molecule has 0 amide bonds. The van der Waals surface area contributed by atoms with Crippen LogP contribution in [0, 0.1) is 0 Å². The number of ether oxygens (including phenoxy) is 2. The predicted molar refractivity (Wildman–Crippen MR) is 57.0 cm³/mol. The van der Waals surface area contributed by atoms with E-state index in [1.165, 1.54) is 10.9 Å². The summed E-state index contributed by atoms with van der Waals surface area (Å²) in [5, 5.41) is 3.99. The molecule has 0 saturated carbocycles. The van der Waals surface area contributed by atoms with Crippen molar-refractivity contribution in [3.05, 3.63) is 11.9 Å². The molecular weight excluding hydrogens is 210 g/mol. The number of anilines is 1. The van der Waals surface area contributed by atoms with Crippen LogP contribution in [0.2, 0.25) is 0 Å². The molecule has 0 aromatic carbocycles. The van der Waals surface area contributed by atoms with E-state index in [1.807, 2.05) is 6.92 Å². The highest BCUT2D eigenvalue weighted by Crippen LogP contribution is 2.16. The number of nitrogens with zero attached hydrogens (tertiary/aromatic N) is 2. The number of esters is 1. The zero-order chi connectivity index (χ0) is 11.5. The molecule has 2 rings (SSSR count). The first kappa shape index (κ1) is 10.9. The molecule has 0 spiro atoms. The summed E-state index contributed by atoms with van der Waals surface area (Å²) in [7, 11) is 0. The second kappa shape index (κ2) is 4.52. The molecule has 2 heterocycles. The quantitative estimate of drug-likeness (QED) is 0.755. The molecule has 16 heavy (non-hydrogen) atoms. The first-order chi connectivity index (χ1) is 7.72. The first-order valence-corrected chi connectivity index (χ1v) is 5.32. The molecule has 6 heteroatoms. The van der Waals surface area contributed by atoms with Crippen LogP contribution >= 0.6 is 0 Å². The van der Waals surface area contributed by atoms with Gasteiger partial charge in [0.2, 0.25) is 0 Å². The second-order valence-corrected chi connectivity index (χ2v) is 3.66. The van der Waals surface area contributed by atoms with Crippen LogP contribution in [-0.2, 0) is 16.0 Å². The Hall–Kier alpha value is -1.56. The van der Waals surface area contributed by atoms with Gasteiger partial charge in [0, 0.05) is 13.0 Å². The van der Waals surface area contributed by atoms with Crippen molar-refractivity contribution >= 4 is 11.7 Å². The highest BCUT2D eigenvalue weighted by molar-refractivity contribution is 5.93. The number of hydrogen-bond donors (Lipinski definition) is 1. The van der Waals surface area contributed by atoms with E-state index in [0.717, 1.165) is 6.42 Å². The van der Waals surface area contributed by atoms with Gasteiger partial charge in [0.1, 0.15) is 6.10 Å². The van der Waals surface area contributed by atoms with Crippen molar-refractivity contribution in [3.63, 3.8) is 0 Å². The van der Waals surface area contributed by atoms with Crippen LogP contribution < -0.4 is 5.73 Å². The highest BCUT2D eigenvalue weighted by Gasteiger charge is 2.24. The van der Waals surface area contributed by atoms with Gasteiger partial charge in [-0.15, -0.1) is 0 Å². The standard InChI is InChI=1S/C10H15N3O3/c1-2-13-9(8(11)5-12-13)10(14)16-7-3-4-15-6-7/h5,7H,2-4,6,11H2,1H3. The Kier molecular flexibility index (Phi) is 3.09. The Bertz CT molecular complexity index is 383. The van der Waals surface area contributed by atoms with Gasteiger partial charge in [-0.05, 0) is 6.92 Å². The lowest BCUT2D eigenvalue weighted by molar-refractivity contribution is 0.0258. The maximum Gasteiger partial charge on any atom is 0.359 e. The van der Waals surface area contributed by atoms with Gasteiger partial charge in [-0.3, -0.25) is 4.68 Å². The summed E-state index contributed by atoms with van der Waals surface area (Å²) in [5.41, 5.74) is 6.36. The average Bonchev–Trinajstić information content (AvgIpc) is 2.87. The summed E-state index contributed by atoms with van der Waals surface area (Å²) in [6.07, 6.45) is 2.05. The van der Waals surface area contributed by atoms with Gasteiger partial charge in [-0.1, -0.05) is 0 Å². The molecule has 6 nitrogen and oxygen atoms in total. The van der Waals surface area contributed by atoms with Crippen LogP contribution in [-0.4, -0.2) is 35.1 Å². The van der Waals surface area contributed by atoms with E-state index in [0.29, 0.717) is 31.1 Å². The monoisotopic (exact) mass is 225 g/mol. The minimum absolute atomic E-state index is 0.160. The van der Waals surface area contributed by atoms with Gasteiger partial charge in [-0.25, -0.2) is 4.79 Å². The third-order valence-corrected chi connectivity index (χ3v) is 2.52. The number of aromatic nitrogens is 2. The lowest BCUT2D eigenvalue weighted by Crippen LogP contribution is -2.21. The Labute approximate surface area is 93.3 Å². The van der Waals surface area contributed by atoms with Crippen molar-refractivity contribution in [3.8, 4) is 0 Å². The number of hydrogen-bond acceptors (Lipinski definition) is 5. The molecule has 1 saturated heterocycles. The van der Waals surface area contributed by atoms with Gasteiger partial charge in [0.15, 0.2) is 5.69 Å². The molecule has 1 aliphatic rings. The van der Waals surface area contributed by atoms with Gasteiger partial charge < -0.3 is 15.2 Å². The summed E-state index contributed by atoms with van der Waals surface area (Å²) in [6.45, 7) is 3.58. The topological polar surface area (TPSA) is 79.4 Å². The summed E-state index contributed by atoms with van der Waals surface area (Å²) >= 11 is 0. The van der Waals surface area contributed by atoms with E-state index in [4.69, 9.17) is 15.2 Å². The minimum atomic E-state index is -0.424. The molecule has 0 radical (unpaired) electrons. The number of carbonyl (C=O) groups is 1. The van der Waals surface area contributed by atoms with E-state index < -0.39 is 5.97 Å². The van der Waals surface area contributed by atoms with E-state index in [2.05, 4.69) is 5.10 Å². The van der Waals surface area contributed by atoms with Crippen LogP contribution in [0.1, 0.15) is 23.8 Å². The number of nitrogens with two attached hydrogens (primary N) is 1. The predicted octanol–water partition coefficient (Wildman–Crippen LogP) is 0.431. The van der Waals surface area contributed by atoms with E-state index >= 15 is 0 Å². The van der Waals surface area contributed by atoms with Crippen molar-refractivity contribution in [2.75, 3.05) is 18.9 Å². The molecule has 0 bridgehead atoms. The molecule has 1 aromatic rings. The van der Waals surface area contributed by atoms with Crippen LogP contribution in [0.15, 0.2) is 6.20 Å². The lowest BCUT2D eigenvalue weighted by atomic mass is 10.3. The van der Waals surface area contributed by atoms with Crippen LogP contribution in [0.3, 0.4) is 0 Å². The number of carbonyl (C=O) groups excluding carboxylic acids is 1. The van der Waals surface area contributed by atoms with Gasteiger partial charge in [0.05, 0.1) is 25.1 Å². The van der Waals surface area contributed by atoms with Crippen LogP contribution in [0.25, 0.3) is 0 Å². The zero-order valence-corrected chi connectivity index (χ0v) is 9.18. The van der Waals surface area contributed by atoms with Crippen molar-refractivity contribution in [1.29, 1.82) is 0 Å². The van der Waals surface area contributed by atoms with Crippen molar-refractivity contribution < 1.29 is 14.3 Å². The lowest BCUT2D eigenvalue weighted by Gasteiger charge is -2.11. The molecule has 1 fully saturated rings. The Morgan fingerprint density at radius 3 is 3.25 bits per heavy atom. The van der Waals surface area contributed by atoms with Crippen molar-refractivity contribution in [1.82, 2.24) is 9.78 Å². The Morgan fingerprint density at radius 1 is 1.81 bits per heavy atom. The van der Waals surface area contributed by atoms with Gasteiger partial charge in [0.25, 0.3) is 0 Å². The summed E-state index contributed by atoms with van der Waals surface area (Å²) < 4.78 is 11.9. The fourth-order valence-corrected chi connectivity index (χ4v) is 1.68. The SMILES string of the molecule is CCn1ncc(N)c1C(=O)OC1CCOC1. The summed E-state index contributed by atoms with van der Waals surface area (Å²) in [4.78, 5) is 11.8. The third-order valence-electron chi connectivity index (χ3n) is 2.52. The van der Waals surface area contributed by atoms with E-state index in [9.17, 15) is 4.79 Å². The molecule has 88 valence electrons. The van der Waals surface area contributed by atoms with Crippen molar-refractivity contribution in [2.24, 2.45) is 0 Å². The average molecular weight is 225 g/mol. The smallest absolute Gasteiger partial charge is 0.359 e.